The molecule has 0 aromatic carbocycles. The molecule has 0 unspecified atom stereocenters. The Morgan fingerprint density at radius 2 is 1.29 bits per heavy atom. The van der Waals surface area contributed by atoms with E-state index in [4.69, 9.17) is 5.11 Å². The molecule has 0 aromatic rings. The maximum atomic E-state index is 11.1. The van der Waals surface area contributed by atoms with Crippen LogP contribution in [-0.4, -0.2) is 23.7 Å². The third-order valence-corrected chi connectivity index (χ3v) is 4.37. The number of hydrogen-bond donors (Lipinski definition) is 2. The highest BCUT2D eigenvalue weighted by Gasteiger charge is 2.06. The van der Waals surface area contributed by atoms with Gasteiger partial charge in [-0.1, -0.05) is 76.9 Å². The predicted molar refractivity (Wildman–Crippen MR) is 104 cm³/mol. The molecule has 0 saturated carbocycles. The van der Waals surface area contributed by atoms with Crippen molar-refractivity contribution in [3.8, 4) is 0 Å². The molecular formula is C21H41NO2. The fourth-order valence-corrected chi connectivity index (χ4v) is 2.73. The van der Waals surface area contributed by atoms with Crippen LogP contribution in [0.2, 0.25) is 0 Å². The Bertz CT molecular complexity index is 300. The standard InChI is InChI=1S/C21H41NO2/c1-3-4-5-6-7-8-9-10-11-12-13-14-15-16-17-18-19-22-21(24)20(2)23/h10-11,20,23H,3-9,12-19H2,1-2H3,(H,22,24)/b11-10-/t20-/m0/s1. The molecule has 3 heteroatoms. The maximum Gasteiger partial charge on any atom is 0.248 e. The second kappa shape index (κ2) is 18.5. The van der Waals surface area contributed by atoms with Crippen LogP contribution >= 0.6 is 0 Å². The van der Waals surface area contributed by atoms with Crippen LogP contribution in [0, 0.1) is 0 Å². The van der Waals surface area contributed by atoms with E-state index in [1.54, 1.807) is 0 Å². The smallest absolute Gasteiger partial charge is 0.248 e. The zero-order chi connectivity index (χ0) is 17.9. The first-order chi connectivity index (χ1) is 11.7. The average molecular weight is 340 g/mol. The normalized spacial score (nSPS) is 12.6. The van der Waals surface area contributed by atoms with Gasteiger partial charge < -0.3 is 10.4 Å². The maximum absolute atomic E-state index is 11.1. The van der Waals surface area contributed by atoms with Crippen molar-refractivity contribution in [3.63, 3.8) is 0 Å². The molecule has 3 nitrogen and oxygen atoms in total. The summed E-state index contributed by atoms with van der Waals surface area (Å²) in [5.74, 6) is -0.261. The molecule has 0 aliphatic carbocycles. The Labute approximate surface area is 150 Å². The van der Waals surface area contributed by atoms with Crippen LogP contribution in [0.15, 0.2) is 12.2 Å². The molecule has 0 spiro atoms. The number of unbranched alkanes of at least 4 members (excludes halogenated alkanes) is 12. The van der Waals surface area contributed by atoms with Crippen LogP contribution in [0.1, 0.15) is 104 Å². The fraction of sp³-hybridized carbons (Fsp3) is 0.857. The third-order valence-electron chi connectivity index (χ3n) is 4.37. The van der Waals surface area contributed by atoms with E-state index in [2.05, 4.69) is 24.4 Å². The summed E-state index contributed by atoms with van der Waals surface area (Å²) in [6, 6.07) is 0. The van der Waals surface area contributed by atoms with E-state index in [0.717, 1.165) is 12.8 Å². The van der Waals surface area contributed by atoms with Crippen molar-refractivity contribution in [3.05, 3.63) is 12.2 Å². The second-order valence-electron chi connectivity index (χ2n) is 6.90. The zero-order valence-electron chi connectivity index (χ0n) is 16.2. The summed E-state index contributed by atoms with van der Waals surface area (Å²) in [5.41, 5.74) is 0. The fourth-order valence-electron chi connectivity index (χ4n) is 2.73. The first kappa shape index (κ1) is 23.2. The molecule has 0 saturated heterocycles. The number of allylic oxidation sites excluding steroid dienone is 2. The van der Waals surface area contributed by atoms with Crippen LogP contribution in [-0.2, 0) is 4.79 Å². The van der Waals surface area contributed by atoms with Gasteiger partial charge >= 0.3 is 0 Å². The number of carbonyl (C=O) groups excluding carboxylic acids is 1. The largest absolute Gasteiger partial charge is 0.384 e. The van der Waals surface area contributed by atoms with Gasteiger partial charge in [0, 0.05) is 6.54 Å². The minimum absolute atomic E-state index is 0.261. The Hall–Kier alpha value is -0.830. The summed E-state index contributed by atoms with van der Waals surface area (Å²) >= 11 is 0. The van der Waals surface area contributed by atoms with Gasteiger partial charge in [-0.3, -0.25) is 4.79 Å². The van der Waals surface area contributed by atoms with Gasteiger partial charge in [-0.15, -0.1) is 0 Å². The van der Waals surface area contributed by atoms with Gasteiger partial charge in [0.05, 0.1) is 0 Å². The predicted octanol–water partition coefficient (Wildman–Crippen LogP) is 5.52. The van der Waals surface area contributed by atoms with Gasteiger partial charge in [0.2, 0.25) is 5.91 Å². The van der Waals surface area contributed by atoms with Gasteiger partial charge in [-0.2, -0.15) is 0 Å². The lowest BCUT2D eigenvalue weighted by molar-refractivity contribution is -0.128. The average Bonchev–Trinajstić information content (AvgIpc) is 2.57. The molecule has 0 rings (SSSR count). The van der Waals surface area contributed by atoms with Crippen molar-refractivity contribution in [1.82, 2.24) is 5.32 Å². The second-order valence-corrected chi connectivity index (χ2v) is 6.90. The van der Waals surface area contributed by atoms with Crippen molar-refractivity contribution in [2.24, 2.45) is 0 Å². The highest BCUT2D eigenvalue weighted by molar-refractivity contribution is 5.79. The molecule has 2 N–H and O–H groups in total. The molecule has 1 atom stereocenters. The lowest BCUT2D eigenvalue weighted by Crippen LogP contribution is -2.33. The van der Waals surface area contributed by atoms with Crippen LogP contribution in [0.5, 0.6) is 0 Å². The molecule has 0 aromatic heterocycles. The summed E-state index contributed by atoms with van der Waals surface area (Å²) < 4.78 is 0. The Morgan fingerprint density at radius 3 is 1.79 bits per heavy atom. The molecule has 0 heterocycles. The Kier molecular flexibility index (Phi) is 17.9. The molecule has 0 aliphatic rings. The number of aliphatic hydroxyl groups excluding tert-OH is 1. The van der Waals surface area contributed by atoms with Crippen molar-refractivity contribution >= 4 is 5.91 Å². The van der Waals surface area contributed by atoms with Gasteiger partial charge in [0.1, 0.15) is 6.10 Å². The summed E-state index contributed by atoms with van der Waals surface area (Å²) in [6.07, 6.45) is 21.9. The van der Waals surface area contributed by atoms with Crippen molar-refractivity contribution < 1.29 is 9.90 Å². The monoisotopic (exact) mass is 339 g/mol. The number of aliphatic hydroxyl groups is 1. The van der Waals surface area contributed by atoms with Crippen molar-refractivity contribution in [1.29, 1.82) is 0 Å². The van der Waals surface area contributed by atoms with E-state index in [0.29, 0.717) is 6.54 Å². The summed E-state index contributed by atoms with van der Waals surface area (Å²) in [5, 5.41) is 11.8. The number of carbonyl (C=O) groups is 1. The van der Waals surface area contributed by atoms with Crippen LogP contribution < -0.4 is 5.32 Å². The van der Waals surface area contributed by atoms with Crippen molar-refractivity contribution in [2.45, 2.75) is 110 Å². The third kappa shape index (κ3) is 17.5. The quantitative estimate of drug-likeness (QED) is 0.271. The van der Waals surface area contributed by atoms with E-state index in [-0.39, 0.29) is 5.91 Å². The molecule has 142 valence electrons. The van der Waals surface area contributed by atoms with E-state index in [1.165, 1.54) is 84.0 Å². The first-order valence-electron chi connectivity index (χ1n) is 10.3. The lowest BCUT2D eigenvalue weighted by atomic mass is 10.1. The van der Waals surface area contributed by atoms with Crippen molar-refractivity contribution in [2.75, 3.05) is 6.54 Å². The first-order valence-corrected chi connectivity index (χ1v) is 10.3. The van der Waals surface area contributed by atoms with E-state index in [9.17, 15) is 4.79 Å². The summed E-state index contributed by atoms with van der Waals surface area (Å²) in [6.45, 7) is 4.45. The van der Waals surface area contributed by atoms with Gasteiger partial charge in [-0.05, 0) is 39.0 Å². The van der Waals surface area contributed by atoms with Crippen LogP contribution in [0.4, 0.5) is 0 Å². The minimum Gasteiger partial charge on any atom is -0.384 e. The molecule has 0 radical (unpaired) electrons. The molecular weight excluding hydrogens is 298 g/mol. The van der Waals surface area contributed by atoms with E-state index >= 15 is 0 Å². The topological polar surface area (TPSA) is 49.3 Å². The Morgan fingerprint density at radius 1 is 0.833 bits per heavy atom. The van der Waals surface area contributed by atoms with E-state index < -0.39 is 6.10 Å². The molecule has 1 amide bonds. The lowest BCUT2D eigenvalue weighted by Gasteiger charge is -2.06. The van der Waals surface area contributed by atoms with Gasteiger partial charge in [-0.25, -0.2) is 0 Å². The van der Waals surface area contributed by atoms with Gasteiger partial charge in [0.25, 0.3) is 0 Å². The summed E-state index contributed by atoms with van der Waals surface area (Å²) in [7, 11) is 0. The number of rotatable bonds is 17. The summed E-state index contributed by atoms with van der Waals surface area (Å²) in [4.78, 5) is 11.1. The van der Waals surface area contributed by atoms with Crippen LogP contribution in [0.3, 0.4) is 0 Å². The zero-order valence-corrected chi connectivity index (χ0v) is 16.2. The minimum atomic E-state index is -0.890. The Balaban J connectivity index is 3.14. The molecule has 24 heavy (non-hydrogen) atoms. The van der Waals surface area contributed by atoms with E-state index in [1.807, 2.05) is 0 Å². The van der Waals surface area contributed by atoms with Crippen LogP contribution in [0.25, 0.3) is 0 Å². The number of hydrogen-bond acceptors (Lipinski definition) is 2. The molecule has 0 fully saturated rings. The number of nitrogens with one attached hydrogen (secondary N) is 1. The van der Waals surface area contributed by atoms with Gasteiger partial charge in [0.15, 0.2) is 0 Å². The highest BCUT2D eigenvalue weighted by Crippen LogP contribution is 2.09. The highest BCUT2D eigenvalue weighted by atomic mass is 16.3. The number of amides is 1. The SMILES string of the molecule is CCCCCCCC/C=C\CCCCCCCCNC(=O)[C@H](C)O. The molecule has 0 bridgehead atoms. The molecule has 0 aliphatic heterocycles.